The standard InChI is InChI=1S/C20H21N3O2/c1-6-18(24)25-17-12-13(2)11-16(19(17)20(3,4)5)23-21-14-9-7-8-10-15(14)22-23/h6-12H,1H2,2-5H3. The number of hydrogen-bond acceptors (Lipinski definition) is 4. The highest BCUT2D eigenvalue weighted by Crippen LogP contribution is 2.37. The molecule has 0 radical (unpaired) electrons. The lowest BCUT2D eigenvalue weighted by atomic mass is 9.84. The Morgan fingerprint density at radius 2 is 1.76 bits per heavy atom. The summed E-state index contributed by atoms with van der Waals surface area (Å²) < 4.78 is 5.51. The topological polar surface area (TPSA) is 57.0 Å². The van der Waals surface area contributed by atoms with Crippen LogP contribution in [0.3, 0.4) is 0 Å². The number of esters is 1. The van der Waals surface area contributed by atoms with Crippen molar-refractivity contribution in [2.24, 2.45) is 0 Å². The van der Waals surface area contributed by atoms with E-state index in [1.54, 1.807) is 4.80 Å². The third-order valence-electron chi connectivity index (χ3n) is 3.86. The van der Waals surface area contributed by atoms with E-state index in [4.69, 9.17) is 4.74 Å². The highest BCUT2D eigenvalue weighted by molar-refractivity contribution is 5.84. The minimum absolute atomic E-state index is 0.278. The van der Waals surface area contributed by atoms with Gasteiger partial charge >= 0.3 is 5.97 Å². The maximum atomic E-state index is 11.8. The van der Waals surface area contributed by atoms with Gasteiger partial charge in [-0.25, -0.2) is 4.79 Å². The molecule has 2 aromatic carbocycles. The molecule has 0 bridgehead atoms. The molecule has 0 fully saturated rings. The number of aryl methyl sites for hydroxylation is 1. The summed E-state index contributed by atoms with van der Waals surface area (Å²) in [6.45, 7) is 11.6. The Labute approximate surface area is 146 Å². The number of nitrogens with zero attached hydrogens (tertiary/aromatic N) is 3. The van der Waals surface area contributed by atoms with Gasteiger partial charge in [-0.05, 0) is 42.2 Å². The van der Waals surface area contributed by atoms with Crippen LogP contribution in [0.15, 0.2) is 49.1 Å². The minimum Gasteiger partial charge on any atom is -0.423 e. The molecule has 0 atom stereocenters. The van der Waals surface area contributed by atoms with Crippen LogP contribution in [0.2, 0.25) is 0 Å². The maximum Gasteiger partial charge on any atom is 0.335 e. The highest BCUT2D eigenvalue weighted by atomic mass is 16.5. The number of hydrogen-bond donors (Lipinski definition) is 0. The normalized spacial score (nSPS) is 11.5. The Bertz CT molecular complexity index is 932. The van der Waals surface area contributed by atoms with Gasteiger partial charge in [-0.1, -0.05) is 39.5 Å². The molecule has 0 amide bonds. The van der Waals surface area contributed by atoms with Crippen LogP contribution in [0.5, 0.6) is 5.75 Å². The number of aromatic nitrogens is 3. The van der Waals surface area contributed by atoms with Gasteiger partial charge in [0.05, 0.1) is 5.69 Å². The van der Waals surface area contributed by atoms with Gasteiger partial charge in [0.1, 0.15) is 16.8 Å². The largest absolute Gasteiger partial charge is 0.423 e. The number of carbonyl (C=O) groups excluding carboxylic acids is 1. The summed E-state index contributed by atoms with van der Waals surface area (Å²) in [7, 11) is 0. The van der Waals surface area contributed by atoms with Crippen molar-refractivity contribution in [3.8, 4) is 11.4 Å². The van der Waals surface area contributed by atoms with Gasteiger partial charge in [0.25, 0.3) is 0 Å². The van der Waals surface area contributed by atoms with Crippen LogP contribution < -0.4 is 4.74 Å². The molecule has 25 heavy (non-hydrogen) atoms. The second kappa shape index (κ2) is 6.16. The van der Waals surface area contributed by atoms with Crippen LogP contribution in [0.4, 0.5) is 0 Å². The van der Waals surface area contributed by atoms with Gasteiger partial charge in [0.15, 0.2) is 0 Å². The number of benzene rings is 2. The Morgan fingerprint density at radius 1 is 1.16 bits per heavy atom. The van der Waals surface area contributed by atoms with Crippen LogP contribution >= 0.6 is 0 Å². The summed E-state index contributed by atoms with van der Waals surface area (Å²) in [5.41, 5.74) is 3.97. The molecule has 0 unspecified atom stereocenters. The number of fused-ring (bicyclic) bond motifs is 1. The lowest BCUT2D eigenvalue weighted by Crippen LogP contribution is -2.20. The molecule has 128 valence electrons. The molecule has 3 aromatic rings. The van der Waals surface area contributed by atoms with Crippen molar-refractivity contribution in [2.45, 2.75) is 33.1 Å². The maximum absolute atomic E-state index is 11.8. The van der Waals surface area contributed by atoms with E-state index < -0.39 is 5.97 Å². The van der Waals surface area contributed by atoms with Crippen LogP contribution in [0.25, 0.3) is 16.7 Å². The van der Waals surface area contributed by atoms with Crippen molar-refractivity contribution in [2.75, 3.05) is 0 Å². The second-order valence-electron chi connectivity index (χ2n) is 7.01. The molecular formula is C20H21N3O2. The predicted molar refractivity (Wildman–Crippen MR) is 98.1 cm³/mol. The first-order valence-corrected chi connectivity index (χ1v) is 8.11. The summed E-state index contributed by atoms with van der Waals surface area (Å²) in [5.74, 6) is 0.0226. The van der Waals surface area contributed by atoms with Crippen molar-refractivity contribution in [3.05, 3.63) is 60.2 Å². The van der Waals surface area contributed by atoms with E-state index in [1.807, 2.05) is 43.3 Å². The van der Waals surface area contributed by atoms with Crippen molar-refractivity contribution in [1.82, 2.24) is 15.0 Å². The molecule has 1 heterocycles. The molecule has 0 N–H and O–H groups in total. The molecule has 0 spiro atoms. The molecule has 5 nitrogen and oxygen atoms in total. The lowest BCUT2D eigenvalue weighted by Gasteiger charge is -2.25. The average Bonchev–Trinajstić information content (AvgIpc) is 2.96. The molecule has 0 saturated carbocycles. The number of ether oxygens (including phenoxy) is 1. The van der Waals surface area contributed by atoms with Crippen molar-refractivity contribution >= 4 is 17.0 Å². The highest BCUT2D eigenvalue weighted by Gasteiger charge is 2.26. The summed E-state index contributed by atoms with van der Waals surface area (Å²) in [6.07, 6.45) is 1.16. The molecule has 3 rings (SSSR count). The third-order valence-corrected chi connectivity index (χ3v) is 3.86. The Balaban J connectivity index is 2.27. The zero-order valence-corrected chi connectivity index (χ0v) is 14.9. The zero-order valence-electron chi connectivity index (χ0n) is 14.9. The quantitative estimate of drug-likeness (QED) is 0.410. The predicted octanol–water partition coefficient (Wildman–Crippen LogP) is 4.12. The van der Waals surface area contributed by atoms with E-state index in [9.17, 15) is 4.79 Å². The fraction of sp³-hybridized carbons (Fsp3) is 0.250. The SMILES string of the molecule is C=CC(=O)Oc1cc(C)cc(-n2nc3ccccc3n2)c1C(C)(C)C. The van der Waals surface area contributed by atoms with Crippen molar-refractivity contribution < 1.29 is 9.53 Å². The van der Waals surface area contributed by atoms with E-state index in [0.29, 0.717) is 5.75 Å². The molecule has 0 aliphatic rings. The van der Waals surface area contributed by atoms with E-state index in [0.717, 1.165) is 33.9 Å². The molecule has 0 saturated heterocycles. The fourth-order valence-corrected chi connectivity index (χ4v) is 2.84. The summed E-state index contributed by atoms with van der Waals surface area (Å²) in [4.78, 5) is 13.4. The Kier molecular flexibility index (Phi) is 4.17. The van der Waals surface area contributed by atoms with Gasteiger partial charge in [0.2, 0.25) is 0 Å². The zero-order chi connectivity index (χ0) is 18.2. The van der Waals surface area contributed by atoms with E-state index in [-0.39, 0.29) is 5.41 Å². The third kappa shape index (κ3) is 3.31. The summed E-state index contributed by atoms with van der Waals surface area (Å²) in [5, 5.41) is 9.17. The number of carbonyl (C=O) groups is 1. The molecule has 5 heteroatoms. The first-order valence-electron chi connectivity index (χ1n) is 8.11. The van der Waals surface area contributed by atoms with Gasteiger partial charge in [-0.15, -0.1) is 15.0 Å². The second-order valence-corrected chi connectivity index (χ2v) is 7.01. The van der Waals surface area contributed by atoms with Gasteiger partial charge in [-0.2, -0.15) is 0 Å². The smallest absolute Gasteiger partial charge is 0.335 e. The molecule has 0 aliphatic carbocycles. The van der Waals surface area contributed by atoms with Gasteiger partial charge in [0, 0.05) is 11.6 Å². The van der Waals surface area contributed by atoms with E-state index >= 15 is 0 Å². The first-order chi connectivity index (χ1) is 11.8. The van der Waals surface area contributed by atoms with Crippen molar-refractivity contribution in [1.29, 1.82) is 0 Å². The van der Waals surface area contributed by atoms with Crippen LogP contribution in [0.1, 0.15) is 31.9 Å². The lowest BCUT2D eigenvalue weighted by molar-refractivity contribution is -0.129. The van der Waals surface area contributed by atoms with Crippen LogP contribution in [-0.4, -0.2) is 21.0 Å². The fourth-order valence-electron chi connectivity index (χ4n) is 2.84. The van der Waals surface area contributed by atoms with Gasteiger partial charge in [-0.3, -0.25) is 0 Å². The van der Waals surface area contributed by atoms with Crippen LogP contribution in [0, 0.1) is 6.92 Å². The average molecular weight is 335 g/mol. The van der Waals surface area contributed by atoms with E-state index in [1.165, 1.54) is 0 Å². The summed E-state index contributed by atoms with van der Waals surface area (Å²) >= 11 is 0. The molecular weight excluding hydrogens is 314 g/mol. The van der Waals surface area contributed by atoms with E-state index in [2.05, 4.69) is 37.5 Å². The monoisotopic (exact) mass is 335 g/mol. The number of rotatable bonds is 3. The van der Waals surface area contributed by atoms with Gasteiger partial charge < -0.3 is 4.74 Å². The Hall–Kier alpha value is -2.95. The molecule has 1 aromatic heterocycles. The Morgan fingerprint density at radius 3 is 2.28 bits per heavy atom. The first kappa shape index (κ1) is 16.9. The van der Waals surface area contributed by atoms with Crippen molar-refractivity contribution in [3.63, 3.8) is 0 Å². The van der Waals surface area contributed by atoms with Crippen LogP contribution in [-0.2, 0) is 10.2 Å². The summed E-state index contributed by atoms with van der Waals surface area (Å²) in [6, 6.07) is 11.6. The molecule has 0 aliphatic heterocycles. The minimum atomic E-state index is -0.486.